The molecule has 1 unspecified atom stereocenters. The molecule has 8 nitrogen and oxygen atoms in total. The second-order valence-corrected chi connectivity index (χ2v) is 6.60. The first-order valence-corrected chi connectivity index (χ1v) is 9.42. The number of nitriles is 1. The molecule has 3 rings (SSSR count). The van der Waals surface area contributed by atoms with Crippen molar-refractivity contribution in [2.75, 3.05) is 31.5 Å². The highest BCUT2D eigenvalue weighted by Gasteiger charge is 2.43. The summed E-state index contributed by atoms with van der Waals surface area (Å²) in [7, 11) is 4.14. The number of hydrogen-bond donors (Lipinski definition) is 2. The van der Waals surface area contributed by atoms with Crippen molar-refractivity contribution in [1.82, 2.24) is 0 Å². The van der Waals surface area contributed by atoms with E-state index in [1.54, 1.807) is 55.6 Å². The van der Waals surface area contributed by atoms with Crippen LogP contribution in [0.15, 0.2) is 77.3 Å². The van der Waals surface area contributed by atoms with Crippen LogP contribution in [-0.4, -0.2) is 33.2 Å². The number of anilines is 2. The summed E-state index contributed by atoms with van der Waals surface area (Å²) in [5.41, 5.74) is 8.16. The molecule has 3 N–H and O–H groups in total. The second kappa shape index (κ2) is 9.05. The molecular weight excluding hydrogens is 396 g/mol. The van der Waals surface area contributed by atoms with Crippen LogP contribution in [0.5, 0.6) is 0 Å². The molecule has 0 saturated heterocycles. The van der Waals surface area contributed by atoms with E-state index in [-0.39, 0.29) is 22.7 Å². The largest absolute Gasteiger partial charge is 0.466 e. The number of hydrogen-bond acceptors (Lipinski definition) is 8. The standard InChI is InChI=1S/C23H22N4O4/c1-26-16-11-7-8-12-17(16)27-20(23(29)31-3)19(22(28)30-2)18(15(13-24)21(27)25)14-9-5-4-6-10-14/h4-12,18,26H,25H2,1-3H3. The van der Waals surface area contributed by atoms with E-state index in [1.165, 1.54) is 19.1 Å². The minimum Gasteiger partial charge on any atom is -0.466 e. The lowest BCUT2D eigenvalue weighted by Gasteiger charge is -2.36. The zero-order valence-corrected chi connectivity index (χ0v) is 17.4. The first-order valence-electron chi connectivity index (χ1n) is 9.42. The van der Waals surface area contributed by atoms with Gasteiger partial charge in [-0.1, -0.05) is 42.5 Å². The highest BCUT2D eigenvalue weighted by Crippen LogP contribution is 2.44. The molecule has 0 radical (unpaired) electrons. The summed E-state index contributed by atoms with van der Waals surface area (Å²) in [4.78, 5) is 27.3. The molecular formula is C23H22N4O4. The van der Waals surface area contributed by atoms with Gasteiger partial charge in [-0.25, -0.2) is 9.59 Å². The Morgan fingerprint density at radius 3 is 2.23 bits per heavy atom. The minimum absolute atomic E-state index is 0.0205. The number of benzene rings is 2. The lowest BCUT2D eigenvalue weighted by Crippen LogP contribution is -2.41. The molecule has 0 spiro atoms. The number of methoxy groups -OCH3 is 2. The van der Waals surface area contributed by atoms with Gasteiger partial charge in [-0.15, -0.1) is 0 Å². The molecule has 0 saturated carbocycles. The SMILES string of the molecule is CNc1ccccc1N1C(N)=C(C#N)C(c2ccccc2)C(C(=O)OC)=C1C(=O)OC. The molecule has 1 heterocycles. The lowest BCUT2D eigenvalue weighted by molar-refractivity contribution is -0.139. The van der Waals surface area contributed by atoms with Gasteiger partial charge in [0.25, 0.3) is 0 Å². The molecule has 1 atom stereocenters. The number of nitrogens with two attached hydrogens (primary N) is 1. The van der Waals surface area contributed by atoms with Crippen LogP contribution < -0.4 is 16.0 Å². The Morgan fingerprint density at radius 1 is 1.03 bits per heavy atom. The Hall–Kier alpha value is -4.25. The predicted octanol–water partition coefficient (Wildman–Crippen LogP) is 2.63. The Morgan fingerprint density at radius 2 is 1.65 bits per heavy atom. The van der Waals surface area contributed by atoms with Gasteiger partial charge in [-0.2, -0.15) is 5.26 Å². The maximum Gasteiger partial charge on any atom is 0.355 e. The van der Waals surface area contributed by atoms with Crippen LogP contribution in [0.3, 0.4) is 0 Å². The van der Waals surface area contributed by atoms with Gasteiger partial charge in [-0.05, 0) is 17.7 Å². The molecule has 0 aliphatic carbocycles. The van der Waals surface area contributed by atoms with Gasteiger partial charge in [0.15, 0.2) is 0 Å². The number of ether oxygens (including phenoxy) is 2. The zero-order valence-electron chi connectivity index (χ0n) is 17.4. The van der Waals surface area contributed by atoms with Gasteiger partial charge in [0, 0.05) is 7.05 Å². The summed E-state index contributed by atoms with van der Waals surface area (Å²) in [5, 5.41) is 13.0. The van der Waals surface area contributed by atoms with Crippen molar-refractivity contribution in [3.05, 3.63) is 82.8 Å². The van der Waals surface area contributed by atoms with Crippen LogP contribution in [0.1, 0.15) is 11.5 Å². The average Bonchev–Trinajstić information content (AvgIpc) is 2.82. The van der Waals surface area contributed by atoms with Crippen molar-refractivity contribution in [1.29, 1.82) is 5.26 Å². The molecule has 2 aromatic carbocycles. The Kier molecular flexibility index (Phi) is 6.26. The first-order chi connectivity index (χ1) is 15.0. The summed E-state index contributed by atoms with van der Waals surface area (Å²) < 4.78 is 10.0. The van der Waals surface area contributed by atoms with Gasteiger partial charge in [0.1, 0.15) is 11.5 Å². The first kappa shape index (κ1) is 21.5. The van der Waals surface area contributed by atoms with E-state index >= 15 is 0 Å². The number of allylic oxidation sites excluding steroid dienone is 1. The molecule has 0 aromatic heterocycles. The molecule has 8 heteroatoms. The maximum atomic E-state index is 13.0. The summed E-state index contributed by atoms with van der Waals surface area (Å²) in [5.74, 6) is -2.42. The molecule has 2 aromatic rings. The third-order valence-corrected chi connectivity index (χ3v) is 5.02. The summed E-state index contributed by atoms with van der Waals surface area (Å²) in [6.07, 6.45) is 0. The quantitative estimate of drug-likeness (QED) is 0.712. The number of carbonyl (C=O) groups excluding carboxylic acids is 2. The van der Waals surface area contributed by atoms with Crippen LogP contribution in [0.25, 0.3) is 0 Å². The van der Waals surface area contributed by atoms with E-state index in [4.69, 9.17) is 15.2 Å². The second-order valence-electron chi connectivity index (χ2n) is 6.60. The molecule has 0 fully saturated rings. The van der Waals surface area contributed by atoms with Crippen LogP contribution in [0, 0.1) is 11.3 Å². The van der Waals surface area contributed by atoms with Crippen molar-refractivity contribution in [3.8, 4) is 6.07 Å². The highest BCUT2D eigenvalue weighted by molar-refractivity contribution is 6.07. The number of esters is 2. The fraction of sp³-hybridized carbons (Fsp3) is 0.174. The Balaban J connectivity index is 2.44. The van der Waals surface area contributed by atoms with Gasteiger partial charge < -0.3 is 20.5 Å². The van der Waals surface area contributed by atoms with Crippen LogP contribution >= 0.6 is 0 Å². The topological polar surface area (TPSA) is 118 Å². The summed E-state index contributed by atoms with van der Waals surface area (Å²) in [6.45, 7) is 0. The van der Waals surface area contributed by atoms with Crippen molar-refractivity contribution in [2.24, 2.45) is 5.73 Å². The monoisotopic (exact) mass is 418 g/mol. The van der Waals surface area contributed by atoms with Crippen LogP contribution in [0.2, 0.25) is 0 Å². The van der Waals surface area contributed by atoms with Crippen molar-refractivity contribution < 1.29 is 19.1 Å². The van der Waals surface area contributed by atoms with E-state index < -0.39 is 17.9 Å². The number of para-hydroxylation sites is 2. The maximum absolute atomic E-state index is 13.0. The van der Waals surface area contributed by atoms with Crippen LogP contribution in [0.4, 0.5) is 11.4 Å². The number of rotatable bonds is 5. The Labute approximate surface area is 180 Å². The van der Waals surface area contributed by atoms with Crippen molar-refractivity contribution >= 4 is 23.3 Å². The van der Waals surface area contributed by atoms with E-state index in [0.29, 0.717) is 16.9 Å². The normalized spacial score (nSPS) is 15.9. The van der Waals surface area contributed by atoms with Gasteiger partial charge in [0.05, 0.1) is 48.7 Å². The molecule has 31 heavy (non-hydrogen) atoms. The minimum atomic E-state index is -0.897. The van der Waals surface area contributed by atoms with Gasteiger partial charge >= 0.3 is 11.9 Å². The lowest BCUT2D eigenvalue weighted by atomic mass is 9.81. The molecule has 0 amide bonds. The zero-order chi connectivity index (χ0) is 22.5. The van der Waals surface area contributed by atoms with E-state index in [9.17, 15) is 14.9 Å². The van der Waals surface area contributed by atoms with Crippen molar-refractivity contribution in [2.45, 2.75) is 5.92 Å². The number of nitrogens with zero attached hydrogens (tertiary/aromatic N) is 2. The predicted molar refractivity (Wildman–Crippen MR) is 116 cm³/mol. The number of nitrogens with one attached hydrogen (secondary N) is 1. The number of carbonyl (C=O) groups is 2. The van der Waals surface area contributed by atoms with E-state index in [2.05, 4.69) is 11.4 Å². The van der Waals surface area contributed by atoms with Gasteiger partial charge in [-0.3, -0.25) is 4.90 Å². The molecule has 1 aliphatic rings. The third-order valence-electron chi connectivity index (χ3n) is 5.02. The summed E-state index contributed by atoms with van der Waals surface area (Å²) >= 11 is 0. The highest BCUT2D eigenvalue weighted by atomic mass is 16.5. The Bertz CT molecular complexity index is 1120. The summed E-state index contributed by atoms with van der Waals surface area (Å²) in [6, 6.07) is 18.0. The smallest absolute Gasteiger partial charge is 0.355 e. The molecule has 1 aliphatic heterocycles. The average molecular weight is 418 g/mol. The van der Waals surface area contributed by atoms with Crippen LogP contribution in [-0.2, 0) is 19.1 Å². The third kappa shape index (κ3) is 3.69. The molecule has 0 bridgehead atoms. The fourth-order valence-corrected chi connectivity index (χ4v) is 3.64. The fourth-order valence-electron chi connectivity index (χ4n) is 3.64. The van der Waals surface area contributed by atoms with Gasteiger partial charge in [0.2, 0.25) is 0 Å². The van der Waals surface area contributed by atoms with E-state index in [1.807, 2.05) is 6.07 Å². The molecule has 158 valence electrons. The van der Waals surface area contributed by atoms with Crippen molar-refractivity contribution in [3.63, 3.8) is 0 Å². The van der Waals surface area contributed by atoms with E-state index in [0.717, 1.165) is 0 Å².